The van der Waals surface area contributed by atoms with Crippen LogP contribution in [-0.4, -0.2) is 28.6 Å². The molecule has 6 rings (SSSR count). The average molecular weight is 475 g/mol. The van der Waals surface area contributed by atoms with Crippen LogP contribution < -0.4 is 9.64 Å². The first-order valence-corrected chi connectivity index (χ1v) is 12.0. The molecule has 33 heavy (non-hydrogen) atoms. The van der Waals surface area contributed by atoms with Crippen molar-refractivity contribution in [1.82, 2.24) is 15.0 Å². The van der Waals surface area contributed by atoms with Crippen LogP contribution in [0.3, 0.4) is 0 Å². The molecule has 0 fully saturated rings. The summed E-state index contributed by atoms with van der Waals surface area (Å²) in [6.45, 7) is 0.868. The second-order valence-corrected chi connectivity index (χ2v) is 9.35. The number of rotatable bonds is 4. The van der Waals surface area contributed by atoms with Gasteiger partial charge in [0.05, 0.1) is 18.8 Å². The van der Waals surface area contributed by atoms with Crippen LogP contribution in [0.4, 0.5) is 5.13 Å². The Morgan fingerprint density at radius 3 is 2.73 bits per heavy atom. The molecule has 0 amide bonds. The predicted molar refractivity (Wildman–Crippen MR) is 137 cm³/mol. The normalized spacial score (nSPS) is 15.6. The van der Waals surface area contributed by atoms with Gasteiger partial charge in [-0.05, 0) is 60.0 Å². The summed E-state index contributed by atoms with van der Waals surface area (Å²) < 4.78 is 5.40. The number of nitrogens with one attached hydrogen (secondary N) is 1. The van der Waals surface area contributed by atoms with Crippen LogP contribution in [0.25, 0.3) is 22.2 Å². The number of methoxy groups -OCH3 is 1. The van der Waals surface area contributed by atoms with Gasteiger partial charge in [-0.1, -0.05) is 23.7 Å². The summed E-state index contributed by atoms with van der Waals surface area (Å²) in [6.07, 6.45) is 4.53. The lowest BCUT2D eigenvalue weighted by atomic mass is 9.92. The number of aromatic amines is 1. The second kappa shape index (κ2) is 8.21. The maximum atomic E-state index is 6.34. The molecule has 1 N–H and O–H groups in total. The van der Waals surface area contributed by atoms with Crippen LogP contribution >= 0.6 is 22.9 Å². The molecule has 1 atom stereocenters. The molecular formula is C26H23ClN4OS. The van der Waals surface area contributed by atoms with Crippen LogP contribution in [0.15, 0.2) is 72.4 Å². The first-order chi connectivity index (χ1) is 16.2. The van der Waals surface area contributed by atoms with Crippen LogP contribution in [0.1, 0.15) is 24.3 Å². The third-order valence-corrected chi connectivity index (χ3v) is 7.35. The number of fused-ring (bicyclic) bond motifs is 3. The molecule has 5 aromatic rings. The van der Waals surface area contributed by atoms with Crippen molar-refractivity contribution in [2.45, 2.75) is 12.5 Å². The Morgan fingerprint density at radius 1 is 1.12 bits per heavy atom. The van der Waals surface area contributed by atoms with Crippen molar-refractivity contribution in [2.24, 2.45) is 0 Å². The molecule has 5 nitrogen and oxygen atoms in total. The SMILES string of the molecule is COc1ccc(C2c3[nH]c4ccc(Cl)cc4c3CCN2c2nc(-c3ccncc3)cs2)cc1.[HH]. The quantitative estimate of drug-likeness (QED) is 0.313. The number of hydrogen-bond acceptors (Lipinski definition) is 5. The molecule has 0 aliphatic carbocycles. The number of H-pyrrole nitrogens is 1. The third-order valence-electron chi connectivity index (χ3n) is 6.23. The Hall–Kier alpha value is -3.35. The van der Waals surface area contributed by atoms with Gasteiger partial charge in [0, 0.05) is 52.9 Å². The van der Waals surface area contributed by atoms with Crippen molar-refractivity contribution in [3.05, 3.63) is 94.2 Å². The minimum Gasteiger partial charge on any atom is -0.497 e. The van der Waals surface area contributed by atoms with Gasteiger partial charge in [0.25, 0.3) is 0 Å². The van der Waals surface area contributed by atoms with Crippen LogP contribution in [-0.2, 0) is 6.42 Å². The Bertz CT molecular complexity index is 1430. The Labute approximate surface area is 202 Å². The highest BCUT2D eigenvalue weighted by molar-refractivity contribution is 7.14. The lowest BCUT2D eigenvalue weighted by molar-refractivity contribution is 0.414. The number of hydrogen-bond donors (Lipinski definition) is 1. The number of halogens is 1. The smallest absolute Gasteiger partial charge is 0.186 e. The number of aromatic nitrogens is 3. The molecule has 1 aliphatic rings. The van der Waals surface area contributed by atoms with E-state index < -0.39 is 0 Å². The number of pyridine rings is 1. The lowest BCUT2D eigenvalue weighted by Crippen LogP contribution is -2.36. The van der Waals surface area contributed by atoms with E-state index in [4.69, 9.17) is 21.3 Å². The molecule has 7 heteroatoms. The minimum absolute atomic E-state index is 0. The molecular weight excluding hydrogens is 452 g/mol. The molecule has 166 valence electrons. The van der Waals surface area contributed by atoms with Gasteiger partial charge in [0.2, 0.25) is 0 Å². The molecule has 4 heterocycles. The number of thiazole rings is 1. The van der Waals surface area contributed by atoms with Crippen molar-refractivity contribution >= 4 is 39.0 Å². The van der Waals surface area contributed by atoms with Gasteiger partial charge in [0.1, 0.15) is 5.75 Å². The Kier molecular flexibility index (Phi) is 5.04. The lowest BCUT2D eigenvalue weighted by Gasteiger charge is -2.36. The summed E-state index contributed by atoms with van der Waals surface area (Å²) in [7, 11) is 1.69. The zero-order chi connectivity index (χ0) is 22.4. The van der Waals surface area contributed by atoms with E-state index in [1.807, 2.05) is 30.3 Å². The van der Waals surface area contributed by atoms with Gasteiger partial charge in [-0.2, -0.15) is 0 Å². The van der Waals surface area contributed by atoms with Crippen molar-refractivity contribution < 1.29 is 6.16 Å². The molecule has 0 radical (unpaired) electrons. The third kappa shape index (κ3) is 3.56. The van der Waals surface area contributed by atoms with E-state index in [1.165, 1.54) is 22.2 Å². The molecule has 0 saturated carbocycles. The zero-order valence-corrected chi connectivity index (χ0v) is 19.5. The number of anilines is 1. The van der Waals surface area contributed by atoms with Crippen molar-refractivity contribution in [3.63, 3.8) is 0 Å². The first-order valence-electron chi connectivity index (χ1n) is 10.8. The van der Waals surface area contributed by atoms with Crippen molar-refractivity contribution in [3.8, 4) is 17.0 Å². The largest absolute Gasteiger partial charge is 0.497 e. The number of benzene rings is 2. The summed E-state index contributed by atoms with van der Waals surface area (Å²) in [5.74, 6) is 0.846. The van der Waals surface area contributed by atoms with E-state index in [1.54, 1.807) is 30.8 Å². The fraction of sp³-hybridized carbons (Fsp3) is 0.154. The molecule has 3 aromatic heterocycles. The molecule has 2 aromatic carbocycles. The minimum atomic E-state index is 0. The fourth-order valence-corrected chi connectivity index (χ4v) is 5.71. The van der Waals surface area contributed by atoms with E-state index in [9.17, 15) is 0 Å². The Morgan fingerprint density at radius 2 is 1.94 bits per heavy atom. The number of ether oxygens (including phenoxy) is 1. The number of nitrogens with zero attached hydrogens (tertiary/aromatic N) is 3. The standard InChI is InChI=1S/C26H21ClN4OS.H2/c1-32-19-5-2-17(3-6-19)25-24-20(21-14-18(27)4-7-22(21)29-24)10-13-31(25)26-30-23(15-33-26)16-8-11-28-12-9-16;/h2-9,11-12,14-15,25,29H,10,13H2,1H3;1H. The fourth-order valence-electron chi connectivity index (χ4n) is 4.65. The van der Waals surface area contributed by atoms with Crippen LogP contribution in [0.5, 0.6) is 5.75 Å². The van der Waals surface area contributed by atoms with Crippen LogP contribution in [0.2, 0.25) is 5.02 Å². The van der Waals surface area contributed by atoms with E-state index in [-0.39, 0.29) is 7.47 Å². The zero-order valence-electron chi connectivity index (χ0n) is 18.0. The van der Waals surface area contributed by atoms with Gasteiger partial charge >= 0.3 is 0 Å². The van der Waals surface area contributed by atoms with Gasteiger partial charge in [-0.3, -0.25) is 4.98 Å². The van der Waals surface area contributed by atoms with Gasteiger partial charge in [-0.25, -0.2) is 4.98 Å². The topological polar surface area (TPSA) is 54.0 Å². The summed E-state index contributed by atoms with van der Waals surface area (Å²) in [4.78, 5) is 15.2. The van der Waals surface area contributed by atoms with E-state index >= 15 is 0 Å². The predicted octanol–water partition coefficient (Wildman–Crippen LogP) is 6.75. The average Bonchev–Trinajstić information content (AvgIpc) is 3.49. The van der Waals surface area contributed by atoms with Crippen LogP contribution in [0, 0.1) is 0 Å². The second-order valence-electron chi connectivity index (χ2n) is 8.08. The molecule has 0 saturated heterocycles. The Balaban J connectivity index is 0.00000241. The first kappa shape index (κ1) is 20.3. The molecule has 1 unspecified atom stereocenters. The highest BCUT2D eigenvalue weighted by Gasteiger charge is 2.33. The van der Waals surface area contributed by atoms with Gasteiger partial charge in [0.15, 0.2) is 5.13 Å². The van der Waals surface area contributed by atoms with Gasteiger partial charge in [-0.15, -0.1) is 11.3 Å². The van der Waals surface area contributed by atoms with Gasteiger partial charge < -0.3 is 14.6 Å². The summed E-state index contributed by atoms with van der Waals surface area (Å²) >= 11 is 8.02. The monoisotopic (exact) mass is 474 g/mol. The summed E-state index contributed by atoms with van der Waals surface area (Å²) in [5.41, 5.74) is 6.88. The highest BCUT2D eigenvalue weighted by Crippen LogP contribution is 2.43. The molecule has 1 aliphatic heterocycles. The maximum absolute atomic E-state index is 6.34. The summed E-state index contributed by atoms with van der Waals surface area (Å²) in [5, 5.41) is 5.09. The van der Waals surface area contributed by atoms with E-state index in [0.29, 0.717) is 0 Å². The molecule has 0 bridgehead atoms. The van der Waals surface area contributed by atoms with Crippen molar-refractivity contribution in [1.29, 1.82) is 0 Å². The highest BCUT2D eigenvalue weighted by atomic mass is 35.5. The van der Waals surface area contributed by atoms with E-state index in [0.717, 1.165) is 45.6 Å². The molecule has 0 spiro atoms. The van der Waals surface area contributed by atoms with E-state index in [2.05, 4.69) is 44.5 Å². The van der Waals surface area contributed by atoms with Crippen molar-refractivity contribution in [2.75, 3.05) is 18.6 Å². The summed E-state index contributed by atoms with van der Waals surface area (Å²) in [6, 6.07) is 18.4. The maximum Gasteiger partial charge on any atom is 0.186 e.